The van der Waals surface area contributed by atoms with Crippen LogP contribution in [0.15, 0.2) is 0 Å². The Labute approximate surface area is 116 Å². The second-order valence-corrected chi connectivity index (χ2v) is 5.69. The van der Waals surface area contributed by atoms with Crippen molar-refractivity contribution < 1.29 is 18.9 Å². The average Bonchev–Trinajstić information content (AvgIpc) is 2.47. The standard InChI is InChI=1S/C15H28O4/c1-3-5-7-12-8-18-15(19-9-12)13-10-16-14(6-4-2)17-11-13/h12-15H,3-11H2,1-2H3. The van der Waals surface area contributed by atoms with Crippen LogP contribution in [0.3, 0.4) is 0 Å². The van der Waals surface area contributed by atoms with Gasteiger partial charge in [-0.2, -0.15) is 0 Å². The van der Waals surface area contributed by atoms with Gasteiger partial charge in [0.05, 0.1) is 32.3 Å². The van der Waals surface area contributed by atoms with E-state index in [9.17, 15) is 0 Å². The van der Waals surface area contributed by atoms with Crippen molar-refractivity contribution in [1.82, 2.24) is 0 Å². The highest BCUT2D eigenvalue weighted by Gasteiger charge is 2.33. The average molecular weight is 272 g/mol. The molecule has 112 valence electrons. The van der Waals surface area contributed by atoms with Crippen LogP contribution in [0.1, 0.15) is 46.0 Å². The van der Waals surface area contributed by atoms with E-state index in [1.807, 2.05) is 0 Å². The van der Waals surface area contributed by atoms with Crippen LogP contribution in [0.25, 0.3) is 0 Å². The second-order valence-electron chi connectivity index (χ2n) is 5.69. The van der Waals surface area contributed by atoms with E-state index in [0.717, 1.165) is 26.1 Å². The van der Waals surface area contributed by atoms with Gasteiger partial charge in [-0.15, -0.1) is 0 Å². The fourth-order valence-electron chi connectivity index (χ4n) is 2.61. The van der Waals surface area contributed by atoms with Gasteiger partial charge in [-0.3, -0.25) is 0 Å². The van der Waals surface area contributed by atoms with Crippen LogP contribution >= 0.6 is 0 Å². The van der Waals surface area contributed by atoms with Gasteiger partial charge in [-0.25, -0.2) is 0 Å². The fraction of sp³-hybridized carbons (Fsp3) is 1.00. The molecule has 2 saturated heterocycles. The molecule has 2 rings (SSSR count). The van der Waals surface area contributed by atoms with Crippen molar-refractivity contribution in [1.29, 1.82) is 0 Å². The van der Waals surface area contributed by atoms with Crippen molar-refractivity contribution in [3.63, 3.8) is 0 Å². The van der Waals surface area contributed by atoms with E-state index < -0.39 is 0 Å². The third-order valence-corrected chi connectivity index (χ3v) is 3.86. The predicted octanol–water partition coefficient (Wildman–Crippen LogP) is 2.95. The maximum absolute atomic E-state index is 5.84. The molecule has 0 aromatic rings. The Balaban J connectivity index is 1.65. The molecule has 0 aromatic carbocycles. The Bertz CT molecular complexity index is 230. The molecule has 2 heterocycles. The molecule has 0 amide bonds. The first-order valence-corrected chi connectivity index (χ1v) is 7.79. The molecule has 0 saturated carbocycles. The van der Waals surface area contributed by atoms with Gasteiger partial charge in [0, 0.05) is 5.92 Å². The summed E-state index contributed by atoms with van der Waals surface area (Å²) in [5.74, 6) is 0.787. The molecular weight excluding hydrogens is 244 g/mol. The van der Waals surface area contributed by atoms with Gasteiger partial charge in [0.1, 0.15) is 0 Å². The zero-order valence-corrected chi connectivity index (χ0v) is 12.3. The summed E-state index contributed by atoms with van der Waals surface area (Å²) in [6, 6.07) is 0. The minimum absolute atomic E-state index is 0.0258. The maximum atomic E-state index is 5.84. The first-order valence-electron chi connectivity index (χ1n) is 7.79. The van der Waals surface area contributed by atoms with Crippen LogP contribution in [0.5, 0.6) is 0 Å². The third kappa shape index (κ3) is 4.71. The molecule has 0 radical (unpaired) electrons. The zero-order valence-electron chi connectivity index (χ0n) is 12.3. The number of hydrogen-bond acceptors (Lipinski definition) is 4. The molecule has 2 fully saturated rings. The molecule has 19 heavy (non-hydrogen) atoms. The summed E-state index contributed by atoms with van der Waals surface area (Å²) >= 11 is 0. The summed E-state index contributed by atoms with van der Waals surface area (Å²) in [4.78, 5) is 0. The Morgan fingerprint density at radius 1 is 0.789 bits per heavy atom. The van der Waals surface area contributed by atoms with Crippen LogP contribution in [0, 0.1) is 11.8 Å². The van der Waals surface area contributed by atoms with E-state index >= 15 is 0 Å². The Morgan fingerprint density at radius 2 is 1.47 bits per heavy atom. The normalized spacial score (nSPS) is 36.3. The molecular formula is C15H28O4. The van der Waals surface area contributed by atoms with Gasteiger partial charge in [-0.1, -0.05) is 33.1 Å². The molecule has 0 spiro atoms. The van der Waals surface area contributed by atoms with E-state index in [0.29, 0.717) is 19.1 Å². The highest BCUT2D eigenvalue weighted by Crippen LogP contribution is 2.25. The van der Waals surface area contributed by atoms with Gasteiger partial charge in [0.15, 0.2) is 12.6 Å². The molecule has 0 unspecified atom stereocenters. The van der Waals surface area contributed by atoms with E-state index in [-0.39, 0.29) is 18.5 Å². The third-order valence-electron chi connectivity index (χ3n) is 3.86. The number of ether oxygens (including phenoxy) is 4. The molecule has 4 nitrogen and oxygen atoms in total. The molecule has 0 atom stereocenters. The molecule has 0 aromatic heterocycles. The van der Waals surface area contributed by atoms with Crippen LogP contribution in [-0.4, -0.2) is 39.0 Å². The maximum Gasteiger partial charge on any atom is 0.164 e. The van der Waals surface area contributed by atoms with Gasteiger partial charge in [-0.05, 0) is 12.8 Å². The minimum Gasteiger partial charge on any atom is -0.352 e. The number of rotatable bonds is 6. The lowest BCUT2D eigenvalue weighted by Crippen LogP contribution is -2.44. The molecule has 2 aliphatic rings. The van der Waals surface area contributed by atoms with E-state index in [1.165, 1.54) is 19.3 Å². The van der Waals surface area contributed by atoms with Crippen molar-refractivity contribution >= 4 is 0 Å². The van der Waals surface area contributed by atoms with Gasteiger partial charge in [0.25, 0.3) is 0 Å². The summed E-state index contributed by atoms with van der Waals surface area (Å²) < 4.78 is 23.1. The summed E-state index contributed by atoms with van der Waals surface area (Å²) in [5.41, 5.74) is 0. The van der Waals surface area contributed by atoms with Crippen molar-refractivity contribution in [3.05, 3.63) is 0 Å². The first-order chi connectivity index (χ1) is 9.33. The summed E-state index contributed by atoms with van der Waals surface area (Å²) in [6.07, 6.45) is 5.60. The summed E-state index contributed by atoms with van der Waals surface area (Å²) in [5, 5.41) is 0. The van der Waals surface area contributed by atoms with Crippen LogP contribution < -0.4 is 0 Å². The molecule has 0 N–H and O–H groups in total. The summed E-state index contributed by atoms with van der Waals surface area (Å²) in [6.45, 7) is 7.38. The minimum atomic E-state index is -0.138. The van der Waals surface area contributed by atoms with Gasteiger partial charge < -0.3 is 18.9 Å². The molecule has 4 heteroatoms. The lowest BCUT2D eigenvalue weighted by Gasteiger charge is -2.37. The van der Waals surface area contributed by atoms with Crippen molar-refractivity contribution in [2.75, 3.05) is 26.4 Å². The highest BCUT2D eigenvalue weighted by atomic mass is 16.7. The topological polar surface area (TPSA) is 36.9 Å². The number of unbranched alkanes of at least 4 members (excludes halogenated alkanes) is 1. The van der Waals surface area contributed by atoms with Crippen molar-refractivity contribution in [2.45, 2.75) is 58.5 Å². The zero-order chi connectivity index (χ0) is 13.5. The monoisotopic (exact) mass is 272 g/mol. The first kappa shape index (κ1) is 15.2. The van der Waals surface area contributed by atoms with Crippen molar-refractivity contribution in [3.8, 4) is 0 Å². The number of hydrogen-bond donors (Lipinski definition) is 0. The Morgan fingerprint density at radius 3 is 2.05 bits per heavy atom. The van der Waals surface area contributed by atoms with E-state index in [4.69, 9.17) is 18.9 Å². The second kappa shape index (κ2) is 8.20. The van der Waals surface area contributed by atoms with E-state index in [2.05, 4.69) is 13.8 Å². The van der Waals surface area contributed by atoms with Gasteiger partial charge >= 0.3 is 0 Å². The quantitative estimate of drug-likeness (QED) is 0.745. The Kier molecular flexibility index (Phi) is 6.57. The van der Waals surface area contributed by atoms with Crippen LogP contribution in [0.2, 0.25) is 0 Å². The smallest absolute Gasteiger partial charge is 0.164 e. The Hall–Kier alpha value is -0.160. The molecule has 2 aliphatic heterocycles. The van der Waals surface area contributed by atoms with Crippen LogP contribution in [0.4, 0.5) is 0 Å². The lowest BCUT2D eigenvalue weighted by atomic mass is 10.0. The highest BCUT2D eigenvalue weighted by molar-refractivity contribution is 4.71. The predicted molar refractivity (Wildman–Crippen MR) is 72.8 cm³/mol. The molecule has 0 aliphatic carbocycles. The summed E-state index contributed by atoms with van der Waals surface area (Å²) in [7, 11) is 0. The van der Waals surface area contributed by atoms with E-state index in [1.54, 1.807) is 0 Å². The van der Waals surface area contributed by atoms with Gasteiger partial charge in [0.2, 0.25) is 0 Å². The largest absolute Gasteiger partial charge is 0.352 e. The molecule has 0 bridgehead atoms. The lowest BCUT2D eigenvalue weighted by molar-refractivity contribution is -0.281. The SMILES string of the molecule is CCCCC1COC(C2COC(CCC)OC2)OC1. The van der Waals surface area contributed by atoms with Crippen molar-refractivity contribution in [2.24, 2.45) is 11.8 Å². The van der Waals surface area contributed by atoms with Crippen LogP contribution in [-0.2, 0) is 18.9 Å². The fourth-order valence-corrected chi connectivity index (χ4v) is 2.61.